The summed E-state index contributed by atoms with van der Waals surface area (Å²) in [5, 5.41) is 0. The van der Waals surface area contributed by atoms with E-state index < -0.39 is 10.0 Å². The van der Waals surface area contributed by atoms with Crippen LogP contribution in [0.5, 0.6) is 5.88 Å². The van der Waals surface area contributed by atoms with Gasteiger partial charge in [-0.05, 0) is 30.2 Å². The molecule has 0 bridgehead atoms. The van der Waals surface area contributed by atoms with Gasteiger partial charge >= 0.3 is 0 Å². The predicted molar refractivity (Wildman–Crippen MR) is 81.8 cm³/mol. The number of hydrogen-bond donors (Lipinski definition) is 2. The molecule has 7 heteroatoms. The van der Waals surface area contributed by atoms with Crippen molar-refractivity contribution >= 4 is 21.4 Å². The Hall–Kier alpha value is -2.28. The summed E-state index contributed by atoms with van der Waals surface area (Å²) in [4.78, 5) is 4.14. The van der Waals surface area contributed by atoms with Crippen LogP contribution in [0.4, 0.5) is 11.4 Å². The van der Waals surface area contributed by atoms with Gasteiger partial charge in [-0.25, -0.2) is 13.4 Å². The van der Waals surface area contributed by atoms with Crippen LogP contribution in [0.2, 0.25) is 0 Å². The summed E-state index contributed by atoms with van der Waals surface area (Å²) in [7, 11) is -2.22. The Labute approximate surface area is 124 Å². The Morgan fingerprint density at radius 2 is 2.05 bits per heavy atom. The van der Waals surface area contributed by atoms with Gasteiger partial charge < -0.3 is 10.5 Å². The van der Waals surface area contributed by atoms with E-state index in [1.54, 1.807) is 24.3 Å². The van der Waals surface area contributed by atoms with Gasteiger partial charge in [0, 0.05) is 11.8 Å². The first-order chi connectivity index (χ1) is 9.96. The molecular weight excluding hydrogens is 290 g/mol. The number of benzene rings is 1. The number of aromatic nitrogens is 1. The van der Waals surface area contributed by atoms with Crippen molar-refractivity contribution in [3.05, 3.63) is 42.1 Å². The number of rotatable bonds is 5. The third-order valence-corrected chi connectivity index (χ3v) is 4.42. The third-order valence-electron chi connectivity index (χ3n) is 2.96. The average Bonchev–Trinajstić information content (AvgIpc) is 2.47. The molecule has 0 unspecified atom stereocenters. The summed E-state index contributed by atoms with van der Waals surface area (Å²) < 4.78 is 32.3. The van der Waals surface area contributed by atoms with Crippen molar-refractivity contribution in [3.8, 4) is 5.88 Å². The maximum absolute atomic E-state index is 12.5. The molecule has 0 amide bonds. The van der Waals surface area contributed by atoms with Gasteiger partial charge in [-0.2, -0.15) is 0 Å². The first kappa shape index (κ1) is 15.1. The third kappa shape index (κ3) is 3.43. The molecule has 0 aliphatic carbocycles. The van der Waals surface area contributed by atoms with Crippen LogP contribution in [0.25, 0.3) is 0 Å². The van der Waals surface area contributed by atoms with E-state index in [-0.39, 0.29) is 4.90 Å². The largest absolute Gasteiger partial charge is 0.481 e. The number of hydrogen-bond acceptors (Lipinski definition) is 5. The van der Waals surface area contributed by atoms with Crippen LogP contribution >= 0.6 is 0 Å². The highest BCUT2D eigenvalue weighted by Gasteiger charge is 2.18. The molecule has 0 radical (unpaired) electrons. The Bertz CT molecular complexity index is 728. The van der Waals surface area contributed by atoms with E-state index in [4.69, 9.17) is 10.5 Å². The van der Waals surface area contributed by atoms with Gasteiger partial charge in [0.1, 0.15) is 0 Å². The summed E-state index contributed by atoms with van der Waals surface area (Å²) in [6.45, 7) is 1.89. The molecule has 0 saturated carbocycles. The molecule has 2 rings (SSSR count). The minimum atomic E-state index is -3.71. The molecule has 0 spiro atoms. The van der Waals surface area contributed by atoms with Crippen LogP contribution in [-0.4, -0.2) is 20.5 Å². The zero-order valence-corrected chi connectivity index (χ0v) is 12.6. The second-order valence-electron chi connectivity index (χ2n) is 4.42. The van der Waals surface area contributed by atoms with E-state index in [2.05, 4.69) is 9.71 Å². The quantitative estimate of drug-likeness (QED) is 0.824. The number of nitrogens with two attached hydrogens (primary N) is 1. The molecular formula is C14H17N3O3S. The van der Waals surface area contributed by atoms with Crippen molar-refractivity contribution in [2.45, 2.75) is 18.2 Å². The lowest BCUT2D eigenvalue weighted by molar-refractivity contribution is 0.398. The summed E-state index contributed by atoms with van der Waals surface area (Å²) in [5.74, 6) is 0.413. The molecule has 0 fully saturated rings. The summed E-state index contributed by atoms with van der Waals surface area (Å²) in [5.41, 5.74) is 7.16. The van der Waals surface area contributed by atoms with Gasteiger partial charge in [0.2, 0.25) is 5.88 Å². The Balaban J connectivity index is 2.35. The van der Waals surface area contributed by atoms with Crippen molar-refractivity contribution in [1.82, 2.24) is 4.98 Å². The van der Waals surface area contributed by atoms with Crippen molar-refractivity contribution in [2.24, 2.45) is 0 Å². The van der Waals surface area contributed by atoms with Gasteiger partial charge in [0.25, 0.3) is 10.0 Å². The lowest BCUT2D eigenvalue weighted by Crippen LogP contribution is -2.15. The van der Waals surface area contributed by atoms with E-state index in [0.29, 0.717) is 29.2 Å². The molecule has 3 N–H and O–H groups in total. The lowest BCUT2D eigenvalue weighted by atomic mass is 10.1. The number of pyridine rings is 1. The van der Waals surface area contributed by atoms with Crippen LogP contribution in [0.1, 0.15) is 12.5 Å². The van der Waals surface area contributed by atoms with Gasteiger partial charge in [0.15, 0.2) is 0 Å². The number of sulfonamides is 1. The standard InChI is InChI=1S/C14H17N3O3S/c1-3-10-4-5-11(15)8-13(10)21(18,19)17-12-6-7-14(20-2)16-9-12/h4-9,17H,3,15H2,1-2H3. The molecule has 2 aromatic rings. The Kier molecular flexibility index (Phi) is 4.32. The Morgan fingerprint density at radius 3 is 2.62 bits per heavy atom. The van der Waals surface area contributed by atoms with E-state index in [1.165, 1.54) is 19.4 Å². The molecule has 1 aromatic heterocycles. The van der Waals surface area contributed by atoms with Crippen LogP contribution in [-0.2, 0) is 16.4 Å². The minimum Gasteiger partial charge on any atom is -0.481 e. The fourth-order valence-electron chi connectivity index (χ4n) is 1.88. The van der Waals surface area contributed by atoms with Crippen LogP contribution in [0, 0.1) is 0 Å². The zero-order valence-electron chi connectivity index (χ0n) is 11.8. The maximum Gasteiger partial charge on any atom is 0.262 e. The molecule has 0 aliphatic heterocycles. The van der Waals surface area contributed by atoms with E-state index in [9.17, 15) is 8.42 Å². The van der Waals surface area contributed by atoms with E-state index in [1.807, 2.05) is 6.92 Å². The molecule has 1 aromatic carbocycles. The summed E-state index contributed by atoms with van der Waals surface area (Å²) in [6, 6.07) is 8.03. The van der Waals surface area contributed by atoms with Crippen molar-refractivity contribution in [2.75, 3.05) is 17.6 Å². The van der Waals surface area contributed by atoms with E-state index >= 15 is 0 Å². The molecule has 1 heterocycles. The van der Waals surface area contributed by atoms with Gasteiger partial charge in [-0.1, -0.05) is 13.0 Å². The molecule has 112 valence electrons. The van der Waals surface area contributed by atoms with Gasteiger partial charge in [-0.3, -0.25) is 4.72 Å². The van der Waals surface area contributed by atoms with E-state index in [0.717, 1.165) is 0 Å². The van der Waals surface area contributed by atoms with Crippen LogP contribution < -0.4 is 15.2 Å². The number of nitrogens with zero attached hydrogens (tertiary/aromatic N) is 1. The number of aryl methyl sites for hydroxylation is 1. The second kappa shape index (κ2) is 6.01. The first-order valence-electron chi connectivity index (χ1n) is 6.37. The van der Waals surface area contributed by atoms with Crippen LogP contribution in [0.15, 0.2) is 41.4 Å². The molecule has 0 atom stereocenters. The highest BCUT2D eigenvalue weighted by Crippen LogP contribution is 2.23. The smallest absolute Gasteiger partial charge is 0.262 e. The average molecular weight is 307 g/mol. The highest BCUT2D eigenvalue weighted by atomic mass is 32.2. The normalized spacial score (nSPS) is 11.1. The number of nitrogens with one attached hydrogen (secondary N) is 1. The molecule has 0 saturated heterocycles. The maximum atomic E-state index is 12.5. The summed E-state index contributed by atoms with van der Waals surface area (Å²) >= 11 is 0. The van der Waals surface area contributed by atoms with Crippen LogP contribution in [0.3, 0.4) is 0 Å². The summed E-state index contributed by atoms with van der Waals surface area (Å²) in [6.07, 6.45) is 1.99. The molecule has 0 aliphatic rings. The molecule has 21 heavy (non-hydrogen) atoms. The zero-order chi connectivity index (χ0) is 15.5. The number of methoxy groups -OCH3 is 1. The fraction of sp³-hybridized carbons (Fsp3) is 0.214. The predicted octanol–water partition coefficient (Wildman–Crippen LogP) is 2.04. The SMILES string of the molecule is CCc1ccc(N)cc1S(=O)(=O)Nc1ccc(OC)nc1. The van der Waals surface area contributed by atoms with Crippen molar-refractivity contribution < 1.29 is 13.2 Å². The minimum absolute atomic E-state index is 0.181. The van der Waals surface area contributed by atoms with Gasteiger partial charge in [0.05, 0.1) is 23.9 Å². The highest BCUT2D eigenvalue weighted by molar-refractivity contribution is 7.92. The first-order valence-corrected chi connectivity index (χ1v) is 7.86. The second-order valence-corrected chi connectivity index (χ2v) is 6.07. The number of anilines is 2. The Morgan fingerprint density at radius 1 is 1.29 bits per heavy atom. The number of ether oxygens (including phenoxy) is 1. The van der Waals surface area contributed by atoms with Crippen molar-refractivity contribution in [3.63, 3.8) is 0 Å². The number of nitrogen functional groups attached to an aromatic ring is 1. The fourth-order valence-corrected chi connectivity index (χ4v) is 3.27. The monoisotopic (exact) mass is 307 g/mol. The molecule has 6 nitrogen and oxygen atoms in total. The lowest BCUT2D eigenvalue weighted by Gasteiger charge is -2.12. The van der Waals surface area contributed by atoms with Crippen molar-refractivity contribution in [1.29, 1.82) is 0 Å². The van der Waals surface area contributed by atoms with Gasteiger partial charge in [-0.15, -0.1) is 0 Å². The topological polar surface area (TPSA) is 94.3 Å².